The van der Waals surface area contributed by atoms with Crippen LogP contribution in [-0.4, -0.2) is 52.8 Å². The second-order valence-electron chi connectivity index (χ2n) is 8.44. The van der Waals surface area contributed by atoms with Gasteiger partial charge in [0.25, 0.3) is 0 Å². The summed E-state index contributed by atoms with van der Waals surface area (Å²) in [5, 5.41) is 4.26. The number of imide groups is 1. The van der Waals surface area contributed by atoms with Crippen molar-refractivity contribution in [3.8, 4) is 11.3 Å². The largest absolute Gasteiger partial charge is 0.419 e. The first kappa shape index (κ1) is 24.6. The number of alkyl halides is 3. The first-order valence-electron chi connectivity index (χ1n) is 10.4. The summed E-state index contributed by atoms with van der Waals surface area (Å²) in [6.07, 6.45) is 0.143. The maximum atomic E-state index is 13.9. The summed E-state index contributed by atoms with van der Waals surface area (Å²) in [6, 6.07) is 1.50. The van der Waals surface area contributed by atoms with E-state index in [-0.39, 0.29) is 22.8 Å². The van der Waals surface area contributed by atoms with Crippen LogP contribution < -0.4 is 5.32 Å². The number of nitrogens with zero attached hydrogens (tertiary/aromatic N) is 3. The number of rotatable bonds is 4. The number of carbonyl (C=O) groups excluding carboxylic acids is 3. The van der Waals surface area contributed by atoms with Gasteiger partial charge in [0.05, 0.1) is 22.7 Å². The van der Waals surface area contributed by atoms with Gasteiger partial charge in [-0.05, 0) is 24.6 Å². The number of nitrogens with one attached hydrogen (secondary N) is 1. The van der Waals surface area contributed by atoms with E-state index in [4.69, 9.17) is 0 Å². The topological polar surface area (TPSA) is 82.6 Å². The van der Waals surface area contributed by atoms with Crippen molar-refractivity contribution in [1.29, 1.82) is 0 Å². The monoisotopic (exact) mass is 508 g/mol. The van der Waals surface area contributed by atoms with Crippen molar-refractivity contribution in [1.82, 2.24) is 14.8 Å². The molecule has 1 aliphatic carbocycles. The maximum Gasteiger partial charge on any atom is 0.419 e. The first-order chi connectivity index (χ1) is 16.3. The van der Waals surface area contributed by atoms with Gasteiger partial charge in [-0.15, -0.1) is 11.3 Å². The highest BCUT2D eigenvalue weighted by molar-refractivity contribution is 7.14. The van der Waals surface area contributed by atoms with Crippen molar-refractivity contribution in [3.05, 3.63) is 58.8 Å². The van der Waals surface area contributed by atoms with Gasteiger partial charge in [-0.3, -0.25) is 14.5 Å². The molecule has 4 rings (SSSR count). The molecule has 1 N–H and O–H groups in total. The zero-order chi connectivity index (χ0) is 25.7. The number of anilines is 1. The number of amides is 4. The number of urea groups is 1. The van der Waals surface area contributed by atoms with Crippen LogP contribution in [0, 0.1) is 11.2 Å². The molecule has 0 bridgehead atoms. The Morgan fingerprint density at radius 2 is 1.97 bits per heavy atom. The molecule has 1 aromatic heterocycles. The molecule has 0 radical (unpaired) electrons. The van der Waals surface area contributed by atoms with Crippen molar-refractivity contribution < 1.29 is 31.9 Å². The molecule has 1 saturated heterocycles. The van der Waals surface area contributed by atoms with E-state index in [0.29, 0.717) is 11.6 Å². The molecule has 2 aromatic rings. The lowest BCUT2D eigenvalue weighted by Crippen LogP contribution is -2.64. The summed E-state index contributed by atoms with van der Waals surface area (Å²) in [7, 11) is 2.97. The van der Waals surface area contributed by atoms with Crippen LogP contribution in [0.1, 0.15) is 18.9 Å². The fraction of sp³-hybridized carbons (Fsp3) is 0.304. The quantitative estimate of drug-likeness (QED) is 0.608. The van der Waals surface area contributed by atoms with E-state index in [9.17, 15) is 31.9 Å². The van der Waals surface area contributed by atoms with Crippen LogP contribution in [0.5, 0.6) is 0 Å². The van der Waals surface area contributed by atoms with Crippen molar-refractivity contribution >= 4 is 34.3 Å². The second-order valence-corrected chi connectivity index (χ2v) is 9.29. The lowest BCUT2D eigenvalue weighted by Gasteiger charge is -2.49. The van der Waals surface area contributed by atoms with Gasteiger partial charge < -0.3 is 10.2 Å². The maximum absolute atomic E-state index is 13.9. The minimum Gasteiger partial charge on any atom is -0.319 e. The van der Waals surface area contributed by atoms with E-state index in [1.165, 1.54) is 17.3 Å². The molecular formula is C23H20F4N4O3S. The highest BCUT2D eigenvalue weighted by Gasteiger charge is 2.54. The molecule has 2 heterocycles. The van der Waals surface area contributed by atoms with Gasteiger partial charge in [0, 0.05) is 31.5 Å². The van der Waals surface area contributed by atoms with Crippen LogP contribution in [0.2, 0.25) is 0 Å². The molecule has 2 unspecified atom stereocenters. The van der Waals surface area contributed by atoms with E-state index in [2.05, 4.69) is 10.3 Å². The van der Waals surface area contributed by atoms with E-state index >= 15 is 0 Å². The lowest BCUT2D eigenvalue weighted by atomic mass is 9.69. The zero-order valence-corrected chi connectivity index (χ0v) is 19.6. The van der Waals surface area contributed by atoms with Gasteiger partial charge in [-0.2, -0.15) is 13.2 Å². The Balaban J connectivity index is 1.50. The van der Waals surface area contributed by atoms with E-state index in [1.54, 1.807) is 32.2 Å². The molecule has 2 aliphatic rings. The lowest BCUT2D eigenvalue weighted by molar-refractivity contribution is -0.141. The third-order valence-electron chi connectivity index (χ3n) is 6.28. The SMILES string of the molecule is CN1C(=O)N(C)C2C=CC=C(CC(=O)Nc3nc(-c4ccc(C(F)(F)F)c(F)c4)cs3)C2(C)C1=O. The Morgan fingerprint density at radius 3 is 2.63 bits per heavy atom. The predicted molar refractivity (Wildman–Crippen MR) is 121 cm³/mol. The number of allylic oxidation sites excluding steroid dienone is 2. The molecule has 184 valence electrons. The van der Waals surface area contributed by atoms with Gasteiger partial charge in [0.15, 0.2) is 5.13 Å². The van der Waals surface area contributed by atoms with Crippen molar-refractivity contribution in [2.24, 2.45) is 5.41 Å². The average Bonchev–Trinajstić information content (AvgIpc) is 3.25. The number of aromatic nitrogens is 1. The summed E-state index contributed by atoms with van der Waals surface area (Å²) in [4.78, 5) is 44.8. The van der Waals surface area contributed by atoms with Gasteiger partial charge in [0.1, 0.15) is 5.82 Å². The highest BCUT2D eigenvalue weighted by atomic mass is 32.1. The Kier molecular flexibility index (Phi) is 6.04. The minimum atomic E-state index is -4.81. The van der Waals surface area contributed by atoms with Crippen LogP contribution in [0.4, 0.5) is 27.5 Å². The van der Waals surface area contributed by atoms with Gasteiger partial charge in [-0.1, -0.05) is 24.3 Å². The molecule has 0 spiro atoms. The highest BCUT2D eigenvalue weighted by Crippen LogP contribution is 2.43. The number of hydrogen-bond donors (Lipinski definition) is 1. The van der Waals surface area contributed by atoms with Gasteiger partial charge >= 0.3 is 12.2 Å². The summed E-state index contributed by atoms with van der Waals surface area (Å²) >= 11 is 1.02. The zero-order valence-electron chi connectivity index (χ0n) is 18.8. The minimum absolute atomic E-state index is 0.131. The van der Waals surface area contributed by atoms with E-state index in [0.717, 1.165) is 28.4 Å². The summed E-state index contributed by atoms with van der Waals surface area (Å²) in [5.41, 5.74) is -1.66. The molecule has 7 nitrogen and oxygen atoms in total. The van der Waals surface area contributed by atoms with Crippen LogP contribution >= 0.6 is 11.3 Å². The Morgan fingerprint density at radius 1 is 1.26 bits per heavy atom. The Hall–Kier alpha value is -3.54. The fourth-order valence-electron chi connectivity index (χ4n) is 4.35. The molecule has 1 aromatic carbocycles. The Bertz CT molecular complexity index is 1290. The third kappa shape index (κ3) is 4.22. The number of likely N-dealkylation sites (N-methyl/N-ethyl adjacent to an activating group) is 1. The molecule has 35 heavy (non-hydrogen) atoms. The number of fused-ring (bicyclic) bond motifs is 1. The third-order valence-corrected chi connectivity index (χ3v) is 7.03. The van der Waals surface area contributed by atoms with Crippen LogP contribution in [0.15, 0.2) is 47.4 Å². The van der Waals surface area contributed by atoms with Gasteiger partial charge in [0.2, 0.25) is 11.8 Å². The van der Waals surface area contributed by atoms with Gasteiger partial charge in [-0.25, -0.2) is 14.2 Å². The molecule has 2 atom stereocenters. The molecular weight excluding hydrogens is 488 g/mol. The molecule has 0 saturated carbocycles. The molecule has 12 heteroatoms. The number of benzene rings is 1. The van der Waals surface area contributed by atoms with Crippen LogP contribution in [0.25, 0.3) is 11.3 Å². The summed E-state index contributed by atoms with van der Waals surface area (Å²) in [5.74, 6) is -2.31. The Labute approximate surface area is 201 Å². The van der Waals surface area contributed by atoms with E-state index in [1.807, 2.05) is 0 Å². The standard InChI is InChI=1S/C23H20F4N4O3S/c1-22-13(5-4-6-17(22)30(2)21(34)31(3)19(22)33)10-18(32)29-20-28-16(11-35-20)12-7-8-14(15(24)9-12)23(25,26)27/h4-9,11,17H,10H2,1-3H3,(H,28,29,32). The second kappa shape index (κ2) is 8.59. The summed E-state index contributed by atoms with van der Waals surface area (Å²) < 4.78 is 52.3. The number of carbonyl (C=O) groups is 3. The van der Waals surface area contributed by atoms with Crippen molar-refractivity contribution in [3.63, 3.8) is 0 Å². The average molecular weight is 508 g/mol. The normalized spacial score (nSPS) is 22.3. The van der Waals surface area contributed by atoms with Crippen LogP contribution in [0.3, 0.4) is 0 Å². The number of halogens is 4. The van der Waals surface area contributed by atoms with Crippen LogP contribution in [-0.2, 0) is 15.8 Å². The van der Waals surface area contributed by atoms with E-state index < -0.39 is 46.9 Å². The number of thiazole rings is 1. The molecule has 1 aliphatic heterocycles. The van der Waals surface area contributed by atoms with Crippen molar-refractivity contribution in [2.75, 3.05) is 19.4 Å². The number of hydrogen-bond acceptors (Lipinski definition) is 5. The smallest absolute Gasteiger partial charge is 0.319 e. The summed E-state index contributed by atoms with van der Waals surface area (Å²) in [6.45, 7) is 1.68. The predicted octanol–water partition coefficient (Wildman–Crippen LogP) is 4.69. The first-order valence-corrected chi connectivity index (χ1v) is 11.3. The van der Waals surface area contributed by atoms with Crippen molar-refractivity contribution in [2.45, 2.75) is 25.6 Å². The molecule has 1 fully saturated rings. The molecule has 4 amide bonds. The fourth-order valence-corrected chi connectivity index (χ4v) is 5.09.